The third kappa shape index (κ3) is 4.40. The first kappa shape index (κ1) is 17.2. The Bertz CT molecular complexity index is 670. The molecule has 3 N–H and O–H groups in total. The number of amides is 2. The van der Waals surface area contributed by atoms with Crippen molar-refractivity contribution in [3.63, 3.8) is 0 Å². The number of aliphatic hydroxyl groups excluding tert-OH is 1. The fourth-order valence-corrected chi connectivity index (χ4v) is 2.59. The van der Waals surface area contributed by atoms with Crippen molar-refractivity contribution in [2.24, 2.45) is 5.92 Å². The molecule has 0 aliphatic carbocycles. The molecule has 0 spiro atoms. The third-order valence-corrected chi connectivity index (χ3v) is 4.53. The maximum Gasteiger partial charge on any atom is 0.265 e. The van der Waals surface area contributed by atoms with Crippen molar-refractivity contribution >= 4 is 28.8 Å². The molecule has 5 nitrogen and oxygen atoms in total. The standard InChI is InChI=1S/C17H20N2O3S/c1-11(10-20)12(2)18-16(21)13-6-3-4-7-14(13)19-17(22)15-8-5-9-23-15/h3-9,11-12,20H,10H2,1-2H3,(H,18,21)(H,19,22). The van der Waals surface area contributed by atoms with Gasteiger partial charge in [-0.2, -0.15) is 0 Å². The number of hydrogen-bond donors (Lipinski definition) is 3. The number of thiophene rings is 1. The molecule has 0 bridgehead atoms. The predicted molar refractivity (Wildman–Crippen MR) is 91.9 cm³/mol. The van der Waals surface area contributed by atoms with Crippen molar-refractivity contribution in [1.82, 2.24) is 5.32 Å². The summed E-state index contributed by atoms with van der Waals surface area (Å²) in [6.07, 6.45) is 0. The van der Waals surface area contributed by atoms with Gasteiger partial charge in [-0.15, -0.1) is 11.3 Å². The molecule has 122 valence electrons. The maximum atomic E-state index is 12.4. The van der Waals surface area contributed by atoms with Gasteiger partial charge in [-0.1, -0.05) is 25.1 Å². The Morgan fingerprint density at radius 1 is 1.13 bits per heavy atom. The van der Waals surface area contributed by atoms with Crippen LogP contribution in [0.3, 0.4) is 0 Å². The van der Waals surface area contributed by atoms with Crippen LogP contribution in [-0.2, 0) is 0 Å². The fourth-order valence-electron chi connectivity index (χ4n) is 1.97. The number of nitrogens with one attached hydrogen (secondary N) is 2. The normalized spacial score (nSPS) is 13.2. The molecule has 0 aliphatic rings. The zero-order chi connectivity index (χ0) is 16.8. The van der Waals surface area contributed by atoms with E-state index in [1.807, 2.05) is 19.2 Å². The largest absolute Gasteiger partial charge is 0.396 e. The minimum atomic E-state index is -0.278. The summed E-state index contributed by atoms with van der Waals surface area (Å²) >= 11 is 1.34. The van der Waals surface area contributed by atoms with E-state index in [9.17, 15) is 9.59 Å². The highest BCUT2D eigenvalue weighted by atomic mass is 32.1. The number of carbonyl (C=O) groups excluding carboxylic acids is 2. The highest BCUT2D eigenvalue weighted by Gasteiger charge is 2.18. The molecule has 0 fully saturated rings. The van der Waals surface area contributed by atoms with E-state index in [0.717, 1.165) is 0 Å². The van der Waals surface area contributed by atoms with Gasteiger partial charge in [0.15, 0.2) is 0 Å². The average Bonchev–Trinajstić information content (AvgIpc) is 3.09. The van der Waals surface area contributed by atoms with E-state index in [-0.39, 0.29) is 30.4 Å². The first-order valence-electron chi connectivity index (χ1n) is 7.38. The van der Waals surface area contributed by atoms with Gasteiger partial charge in [-0.05, 0) is 36.4 Å². The minimum absolute atomic E-state index is 0.00178. The number of benzene rings is 1. The monoisotopic (exact) mass is 332 g/mol. The molecule has 0 radical (unpaired) electrons. The topological polar surface area (TPSA) is 78.4 Å². The number of rotatable bonds is 6. The summed E-state index contributed by atoms with van der Waals surface area (Å²) in [6, 6.07) is 10.2. The van der Waals surface area contributed by atoms with E-state index < -0.39 is 0 Å². The Balaban J connectivity index is 2.14. The number of aliphatic hydroxyl groups is 1. The van der Waals surface area contributed by atoms with E-state index in [4.69, 9.17) is 5.11 Å². The van der Waals surface area contributed by atoms with Gasteiger partial charge in [-0.25, -0.2) is 0 Å². The van der Waals surface area contributed by atoms with Crippen LogP contribution in [0.4, 0.5) is 5.69 Å². The van der Waals surface area contributed by atoms with Crippen molar-refractivity contribution in [3.8, 4) is 0 Å². The first-order valence-corrected chi connectivity index (χ1v) is 8.26. The van der Waals surface area contributed by atoms with E-state index in [2.05, 4.69) is 10.6 Å². The molecular weight excluding hydrogens is 312 g/mol. The first-order chi connectivity index (χ1) is 11.0. The summed E-state index contributed by atoms with van der Waals surface area (Å²) in [5.41, 5.74) is 0.863. The molecule has 1 aromatic carbocycles. The summed E-state index contributed by atoms with van der Waals surface area (Å²) in [6.45, 7) is 3.69. The second kappa shape index (κ2) is 7.89. The van der Waals surface area contributed by atoms with Crippen molar-refractivity contribution in [2.75, 3.05) is 11.9 Å². The number of hydrogen-bond acceptors (Lipinski definition) is 4. The molecule has 1 heterocycles. The lowest BCUT2D eigenvalue weighted by atomic mass is 10.0. The van der Waals surface area contributed by atoms with Crippen LogP contribution >= 0.6 is 11.3 Å². The molecule has 0 saturated heterocycles. The van der Waals surface area contributed by atoms with E-state index in [1.165, 1.54) is 11.3 Å². The van der Waals surface area contributed by atoms with Crippen LogP contribution in [0.5, 0.6) is 0 Å². The third-order valence-electron chi connectivity index (χ3n) is 3.67. The van der Waals surface area contributed by atoms with Gasteiger partial charge >= 0.3 is 0 Å². The molecule has 2 unspecified atom stereocenters. The average molecular weight is 332 g/mol. The van der Waals surface area contributed by atoms with Crippen molar-refractivity contribution in [3.05, 3.63) is 52.2 Å². The summed E-state index contributed by atoms with van der Waals surface area (Å²) in [4.78, 5) is 25.2. The number of para-hydroxylation sites is 1. The quantitative estimate of drug-likeness (QED) is 0.761. The predicted octanol–water partition coefficient (Wildman–Crippen LogP) is 2.75. The van der Waals surface area contributed by atoms with Crippen LogP contribution in [0.1, 0.15) is 33.9 Å². The molecule has 2 aromatic rings. The SMILES string of the molecule is CC(CO)C(C)NC(=O)c1ccccc1NC(=O)c1cccs1. The summed E-state index contributed by atoms with van der Waals surface area (Å²) in [5.74, 6) is -0.566. The molecule has 2 amide bonds. The van der Waals surface area contributed by atoms with Gasteiger partial charge in [0.2, 0.25) is 0 Å². The lowest BCUT2D eigenvalue weighted by molar-refractivity contribution is 0.0917. The summed E-state index contributed by atoms with van der Waals surface area (Å²) in [5, 5.41) is 16.6. The maximum absolute atomic E-state index is 12.4. The highest BCUT2D eigenvalue weighted by Crippen LogP contribution is 2.18. The number of anilines is 1. The van der Waals surface area contributed by atoms with Crippen molar-refractivity contribution in [1.29, 1.82) is 0 Å². The summed E-state index contributed by atoms with van der Waals surface area (Å²) in [7, 11) is 0. The van der Waals surface area contributed by atoms with Crippen LogP contribution in [0.2, 0.25) is 0 Å². The Morgan fingerprint density at radius 3 is 2.52 bits per heavy atom. The second-order valence-corrected chi connectivity index (χ2v) is 6.35. The molecule has 1 aromatic heterocycles. The Morgan fingerprint density at radius 2 is 1.87 bits per heavy atom. The van der Waals surface area contributed by atoms with E-state index >= 15 is 0 Å². The molecule has 6 heteroatoms. The molecular formula is C17H20N2O3S. The Hall–Kier alpha value is -2.18. The molecule has 0 aliphatic heterocycles. The lowest BCUT2D eigenvalue weighted by Gasteiger charge is -2.20. The van der Waals surface area contributed by atoms with Gasteiger partial charge in [0.25, 0.3) is 11.8 Å². The highest BCUT2D eigenvalue weighted by molar-refractivity contribution is 7.12. The van der Waals surface area contributed by atoms with Gasteiger partial charge in [0, 0.05) is 12.6 Å². The zero-order valence-corrected chi connectivity index (χ0v) is 13.9. The Labute approximate surface area is 139 Å². The lowest BCUT2D eigenvalue weighted by Crippen LogP contribution is -2.38. The van der Waals surface area contributed by atoms with Crippen molar-refractivity contribution < 1.29 is 14.7 Å². The fraction of sp³-hybridized carbons (Fsp3) is 0.294. The zero-order valence-electron chi connectivity index (χ0n) is 13.1. The second-order valence-electron chi connectivity index (χ2n) is 5.40. The van der Waals surface area contributed by atoms with Gasteiger partial charge in [-0.3, -0.25) is 9.59 Å². The molecule has 23 heavy (non-hydrogen) atoms. The Kier molecular flexibility index (Phi) is 5.90. The number of carbonyl (C=O) groups is 2. The van der Waals surface area contributed by atoms with Crippen molar-refractivity contribution in [2.45, 2.75) is 19.9 Å². The molecule has 2 rings (SSSR count). The van der Waals surface area contributed by atoms with E-state index in [1.54, 1.807) is 36.4 Å². The van der Waals surface area contributed by atoms with Crippen LogP contribution in [0.25, 0.3) is 0 Å². The molecule has 0 saturated carbocycles. The minimum Gasteiger partial charge on any atom is -0.396 e. The van der Waals surface area contributed by atoms with Crippen LogP contribution in [0, 0.1) is 5.92 Å². The van der Waals surface area contributed by atoms with Gasteiger partial charge < -0.3 is 15.7 Å². The molecule has 2 atom stereocenters. The van der Waals surface area contributed by atoms with E-state index in [0.29, 0.717) is 16.1 Å². The van der Waals surface area contributed by atoms with Crippen LogP contribution in [0.15, 0.2) is 41.8 Å². The van der Waals surface area contributed by atoms with Gasteiger partial charge in [0.1, 0.15) is 0 Å². The summed E-state index contributed by atoms with van der Waals surface area (Å²) < 4.78 is 0. The smallest absolute Gasteiger partial charge is 0.265 e. The van der Waals surface area contributed by atoms with Crippen LogP contribution < -0.4 is 10.6 Å². The van der Waals surface area contributed by atoms with Gasteiger partial charge in [0.05, 0.1) is 16.1 Å². The van der Waals surface area contributed by atoms with Crippen LogP contribution in [-0.4, -0.2) is 29.6 Å².